The predicted octanol–water partition coefficient (Wildman–Crippen LogP) is 3.74. The van der Waals surface area contributed by atoms with E-state index < -0.39 is 119 Å². The van der Waals surface area contributed by atoms with Crippen molar-refractivity contribution >= 4 is 74.2 Å². The zero-order valence-corrected chi connectivity index (χ0v) is 21.6. The summed E-state index contributed by atoms with van der Waals surface area (Å²) in [7, 11) is 0. The molecule has 0 fully saturated rings. The van der Waals surface area contributed by atoms with Crippen molar-refractivity contribution in [1.29, 1.82) is 0 Å². The number of rotatable bonds is 13. The van der Waals surface area contributed by atoms with Gasteiger partial charge in [0.1, 0.15) is 0 Å². The molecule has 2 N–H and O–H groups in total. The standard InChI is InChI=1S/C17H6N12O18/c30-21(31)5-1-7(23(34)35)11(8(2-5)24(36)37)18-13-14(27(42)43)15(28(44)45)17(29(46)47)20-16(13)19-12-9(25(38)39)3-6(22(32)33)4-10(12)26(40)41/h1-4,18H,(H,19,20). The molecule has 0 aliphatic rings. The number of pyridine rings is 1. The maximum absolute atomic E-state index is 12.1. The van der Waals surface area contributed by atoms with Gasteiger partial charge < -0.3 is 20.7 Å². The molecule has 242 valence electrons. The summed E-state index contributed by atoms with van der Waals surface area (Å²) in [5, 5.41) is 108. The van der Waals surface area contributed by atoms with Crippen LogP contribution in [0.1, 0.15) is 0 Å². The van der Waals surface area contributed by atoms with Crippen LogP contribution in [0.5, 0.6) is 0 Å². The Labute approximate surface area is 250 Å². The van der Waals surface area contributed by atoms with Crippen LogP contribution in [0.15, 0.2) is 24.3 Å². The van der Waals surface area contributed by atoms with Crippen molar-refractivity contribution in [3.63, 3.8) is 0 Å². The molecular formula is C17H6N12O18. The summed E-state index contributed by atoms with van der Waals surface area (Å²) in [5.41, 5.74) is -17.6. The molecule has 0 bridgehead atoms. The highest BCUT2D eigenvalue weighted by atomic mass is 16.7. The molecule has 30 heteroatoms. The molecule has 0 radical (unpaired) electrons. The zero-order chi connectivity index (χ0) is 35.7. The van der Waals surface area contributed by atoms with E-state index in [1.165, 1.54) is 0 Å². The number of anilines is 4. The highest BCUT2D eigenvalue weighted by Gasteiger charge is 2.46. The van der Waals surface area contributed by atoms with Gasteiger partial charge >= 0.3 is 39.9 Å². The second-order valence-corrected chi connectivity index (χ2v) is 8.14. The molecule has 0 unspecified atom stereocenters. The maximum Gasteiger partial charge on any atom is 0.452 e. The molecule has 2 aromatic carbocycles. The van der Waals surface area contributed by atoms with Crippen molar-refractivity contribution in [3.05, 3.63) is 115 Å². The van der Waals surface area contributed by atoms with Crippen molar-refractivity contribution < 1.29 is 44.3 Å². The van der Waals surface area contributed by atoms with E-state index in [0.717, 1.165) is 0 Å². The number of aromatic nitrogens is 1. The topological polar surface area (TPSA) is 425 Å². The number of hydrogen-bond donors (Lipinski definition) is 2. The van der Waals surface area contributed by atoms with Gasteiger partial charge in [0, 0.05) is 0 Å². The number of hydrogen-bond acceptors (Lipinski definition) is 21. The number of non-ortho nitro benzene ring substituents is 2. The highest BCUT2D eigenvalue weighted by molar-refractivity contribution is 5.95. The van der Waals surface area contributed by atoms with Crippen molar-refractivity contribution in [2.45, 2.75) is 0 Å². The van der Waals surface area contributed by atoms with Crippen LogP contribution in [0.2, 0.25) is 0 Å². The van der Waals surface area contributed by atoms with Crippen LogP contribution < -0.4 is 10.6 Å². The molecule has 30 nitrogen and oxygen atoms in total. The van der Waals surface area contributed by atoms with E-state index in [1.807, 2.05) is 0 Å². The molecule has 1 aromatic heterocycles. The van der Waals surface area contributed by atoms with Gasteiger partial charge in [-0.05, 0) is 9.91 Å². The Morgan fingerprint density at radius 1 is 0.404 bits per heavy atom. The Bertz CT molecular complexity index is 1940. The Kier molecular flexibility index (Phi) is 8.63. The summed E-state index contributed by atoms with van der Waals surface area (Å²) in [6, 6.07) is 0.409. The lowest BCUT2D eigenvalue weighted by atomic mass is 10.1. The summed E-state index contributed by atoms with van der Waals surface area (Å²) in [4.78, 5) is 94.3. The van der Waals surface area contributed by atoms with Crippen molar-refractivity contribution in [2.75, 3.05) is 10.6 Å². The third-order valence-electron chi connectivity index (χ3n) is 5.53. The van der Waals surface area contributed by atoms with Gasteiger partial charge in [-0.25, -0.2) is 0 Å². The second-order valence-electron chi connectivity index (χ2n) is 8.14. The molecule has 3 rings (SSSR count). The first-order chi connectivity index (χ1) is 21.8. The number of benzene rings is 2. The molecule has 0 saturated carbocycles. The molecule has 1 heterocycles. The predicted molar refractivity (Wildman–Crippen MR) is 144 cm³/mol. The summed E-state index contributed by atoms with van der Waals surface area (Å²) < 4.78 is 0. The van der Waals surface area contributed by atoms with Gasteiger partial charge in [-0.3, -0.25) is 80.9 Å². The van der Waals surface area contributed by atoms with Crippen LogP contribution in [0.4, 0.5) is 74.2 Å². The third kappa shape index (κ3) is 6.28. The number of nitro benzene ring substituents is 6. The molecular weight excluding hydrogens is 660 g/mol. The fraction of sp³-hybridized carbons (Fsp3) is 0. The lowest BCUT2D eigenvalue weighted by molar-refractivity contribution is -0.442. The van der Waals surface area contributed by atoms with Crippen LogP contribution in [0, 0.1) is 91.0 Å². The van der Waals surface area contributed by atoms with Gasteiger partial charge in [0.05, 0.1) is 63.7 Å². The quantitative estimate of drug-likeness (QED) is 0.193. The molecule has 0 amide bonds. The van der Waals surface area contributed by atoms with Crippen molar-refractivity contribution in [3.8, 4) is 0 Å². The highest BCUT2D eigenvalue weighted by Crippen LogP contribution is 2.50. The summed E-state index contributed by atoms with van der Waals surface area (Å²) in [5.74, 6) is -3.62. The molecule has 0 spiro atoms. The fourth-order valence-electron chi connectivity index (χ4n) is 3.71. The van der Waals surface area contributed by atoms with Crippen molar-refractivity contribution in [2.24, 2.45) is 0 Å². The van der Waals surface area contributed by atoms with Gasteiger partial charge in [-0.1, -0.05) is 0 Å². The normalized spacial score (nSPS) is 10.4. The molecule has 3 aromatic rings. The van der Waals surface area contributed by atoms with E-state index in [2.05, 4.69) is 4.98 Å². The average molecular weight is 666 g/mol. The first kappa shape index (κ1) is 33.3. The summed E-state index contributed by atoms with van der Waals surface area (Å²) in [6.07, 6.45) is 0. The van der Waals surface area contributed by atoms with E-state index in [9.17, 15) is 91.0 Å². The number of nitro groups is 9. The first-order valence-corrected chi connectivity index (χ1v) is 11.1. The van der Waals surface area contributed by atoms with E-state index in [0.29, 0.717) is 0 Å². The zero-order valence-electron chi connectivity index (χ0n) is 21.6. The molecule has 0 aliphatic heterocycles. The second kappa shape index (κ2) is 12.2. The minimum atomic E-state index is -2.09. The minimum absolute atomic E-state index is 0.0908. The van der Waals surface area contributed by atoms with Gasteiger partial charge in [-0.15, -0.1) is 0 Å². The molecule has 47 heavy (non-hydrogen) atoms. The van der Waals surface area contributed by atoms with E-state index in [4.69, 9.17) is 0 Å². The molecule has 0 saturated heterocycles. The summed E-state index contributed by atoms with van der Waals surface area (Å²) in [6.45, 7) is 0. The van der Waals surface area contributed by atoms with Crippen LogP contribution in [0.3, 0.4) is 0 Å². The Morgan fingerprint density at radius 3 is 1.02 bits per heavy atom. The Balaban J connectivity index is 2.61. The van der Waals surface area contributed by atoms with Gasteiger partial charge in [-0.2, -0.15) is 0 Å². The fourth-order valence-corrected chi connectivity index (χ4v) is 3.71. The van der Waals surface area contributed by atoms with Crippen LogP contribution >= 0.6 is 0 Å². The smallest absolute Gasteiger partial charge is 0.358 e. The van der Waals surface area contributed by atoms with Crippen molar-refractivity contribution in [1.82, 2.24) is 4.98 Å². The van der Waals surface area contributed by atoms with Crippen LogP contribution in [0.25, 0.3) is 0 Å². The number of nitrogens with one attached hydrogen (secondary N) is 2. The van der Waals surface area contributed by atoms with Gasteiger partial charge in [0.2, 0.25) is 0 Å². The Morgan fingerprint density at radius 2 is 0.745 bits per heavy atom. The van der Waals surface area contributed by atoms with Crippen LogP contribution in [-0.2, 0) is 0 Å². The lowest BCUT2D eigenvalue weighted by Crippen LogP contribution is -2.12. The third-order valence-corrected chi connectivity index (χ3v) is 5.53. The minimum Gasteiger partial charge on any atom is -0.358 e. The van der Waals surface area contributed by atoms with E-state index in [-0.39, 0.29) is 24.3 Å². The Hall–Kier alpha value is -8.21. The maximum atomic E-state index is 12.1. The lowest BCUT2D eigenvalue weighted by Gasteiger charge is -2.12. The molecule has 0 aliphatic carbocycles. The SMILES string of the molecule is O=[N+]([O-])c1cc([N+](=O)[O-])c(Nc2nc([N+](=O)[O-])c([N+](=O)[O-])c([N+](=O)[O-])c2Nc2c([N+](=O)[O-])cc([N+](=O)[O-])cc2[N+](=O)[O-])c([N+](=O)[O-])c1. The van der Waals surface area contributed by atoms with E-state index >= 15 is 0 Å². The van der Waals surface area contributed by atoms with E-state index in [1.54, 1.807) is 10.6 Å². The largest absolute Gasteiger partial charge is 0.452 e. The van der Waals surface area contributed by atoms with Gasteiger partial charge in [0.15, 0.2) is 17.1 Å². The summed E-state index contributed by atoms with van der Waals surface area (Å²) >= 11 is 0. The molecule has 0 atom stereocenters. The first-order valence-electron chi connectivity index (χ1n) is 11.1. The average Bonchev–Trinajstić information content (AvgIpc) is 2.96. The van der Waals surface area contributed by atoms with Gasteiger partial charge in [0.25, 0.3) is 17.2 Å². The van der Waals surface area contributed by atoms with Crippen LogP contribution in [-0.4, -0.2) is 49.3 Å². The number of nitrogens with zero attached hydrogens (tertiary/aromatic N) is 10. The monoisotopic (exact) mass is 666 g/mol.